The number of aliphatic hydroxyl groups excluding tert-OH is 1. The number of fused-ring (bicyclic) bond motifs is 6. The molecule has 0 heterocycles. The van der Waals surface area contributed by atoms with Crippen molar-refractivity contribution in [2.45, 2.75) is 49.3 Å². The van der Waals surface area contributed by atoms with Gasteiger partial charge in [-0.1, -0.05) is 24.3 Å². The van der Waals surface area contributed by atoms with Gasteiger partial charge in [-0.05, 0) is 97.4 Å². The Kier molecular flexibility index (Phi) is 7.81. The van der Waals surface area contributed by atoms with Gasteiger partial charge in [0.2, 0.25) is 0 Å². The minimum absolute atomic E-state index is 0.0742. The first-order chi connectivity index (χ1) is 18.4. The van der Waals surface area contributed by atoms with Gasteiger partial charge in [0.25, 0.3) is 0 Å². The monoisotopic (exact) mass is 538 g/mol. The lowest BCUT2D eigenvalue weighted by molar-refractivity contribution is 0.196. The van der Waals surface area contributed by atoms with Crippen LogP contribution in [-0.2, 0) is 29.4 Å². The largest absolute Gasteiger partial charge is 0.493 e. The zero-order valence-electron chi connectivity index (χ0n) is 21.8. The Hall–Kier alpha value is -3.23. The molecule has 0 saturated heterocycles. The number of hydrogen-bond donors (Lipinski definition) is 1. The van der Waals surface area contributed by atoms with Crippen molar-refractivity contribution in [1.82, 2.24) is 0 Å². The lowest BCUT2D eigenvalue weighted by atomic mass is 9.73. The first kappa shape index (κ1) is 26.4. The molecule has 7 nitrogen and oxygen atoms in total. The van der Waals surface area contributed by atoms with Gasteiger partial charge in [0.05, 0.1) is 20.8 Å². The lowest BCUT2D eigenvalue weighted by Gasteiger charge is -2.33. The molecule has 2 atom stereocenters. The fraction of sp³-hybridized carbons (Fsp3) is 0.400. The molecule has 5 rings (SSSR count). The lowest BCUT2D eigenvalue weighted by Crippen LogP contribution is -2.21. The Bertz CT molecular complexity index is 1390. The molecule has 0 amide bonds. The molecule has 3 aromatic rings. The van der Waals surface area contributed by atoms with Crippen molar-refractivity contribution in [2.75, 3.05) is 27.4 Å². The highest BCUT2D eigenvalue weighted by Crippen LogP contribution is 2.46. The number of aryl methyl sites for hydroxylation is 1. The fourth-order valence-corrected chi connectivity index (χ4v) is 6.76. The molecular formula is C30H34O7S. The molecule has 0 aliphatic heterocycles. The van der Waals surface area contributed by atoms with Crippen molar-refractivity contribution in [2.24, 2.45) is 5.92 Å². The summed E-state index contributed by atoms with van der Waals surface area (Å²) in [6.45, 7) is 0.121. The van der Waals surface area contributed by atoms with E-state index < -0.39 is 10.1 Å². The van der Waals surface area contributed by atoms with Gasteiger partial charge < -0.3 is 23.5 Å². The van der Waals surface area contributed by atoms with Crippen LogP contribution in [0.4, 0.5) is 0 Å². The summed E-state index contributed by atoms with van der Waals surface area (Å²) in [5.74, 6) is 2.61. The van der Waals surface area contributed by atoms with Crippen molar-refractivity contribution in [3.8, 4) is 23.0 Å². The zero-order valence-corrected chi connectivity index (χ0v) is 22.6. The maximum atomic E-state index is 13.2. The van der Waals surface area contributed by atoms with Crippen LogP contribution in [0.5, 0.6) is 23.0 Å². The first-order valence-electron chi connectivity index (χ1n) is 13.1. The molecule has 0 radical (unpaired) electrons. The highest BCUT2D eigenvalue weighted by Gasteiger charge is 2.31. The topological polar surface area (TPSA) is 91.3 Å². The van der Waals surface area contributed by atoms with Gasteiger partial charge >= 0.3 is 10.1 Å². The smallest absolute Gasteiger partial charge is 0.339 e. The van der Waals surface area contributed by atoms with Gasteiger partial charge in [-0.15, -0.1) is 0 Å². The van der Waals surface area contributed by atoms with E-state index in [0.717, 1.165) is 49.7 Å². The number of aliphatic hydroxyl groups is 1. The Labute approximate surface area is 224 Å². The van der Waals surface area contributed by atoms with Gasteiger partial charge in [-0.2, -0.15) is 8.42 Å². The molecule has 38 heavy (non-hydrogen) atoms. The molecule has 2 bridgehead atoms. The van der Waals surface area contributed by atoms with Gasteiger partial charge in [-0.3, -0.25) is 0 Å². The fourth-order valence-electron chi connectivity index (χ4n) is 5.77. The number of methoxy groups -OCH3 is 2. The van der Waals surface area contributed by atoms with E-state index in [9.17, 15) is 13.5 Å². The van der Waals surface area contributed by atoms with E-state index in [1.54, 1.807) is 31.4 Å². The molecule has 2 aliphatic rings. The summed E-state index contributed by atoms with van der Waals surface area (Å²) in [7, 11) is -0.863. The van der Waals surface area contributed by atoms with Crippen LogP contribution < -0.4 is 18.4 Å². The molecule has 8 heteroatoms. The molecule has 3 aromatic carbocycles. The Morgan fingerprint density at radius 3 is 2.39 bits per heavy atom. The summed E-state index contributed by atoms with van der Waals surface area (Å²) in [5, 5.41) is 9.29. The van der Waals surface area contributed by atoms with E-state index in [0.29, 0.717) is 28.9 Å². The highest BCUT2D eigenvalue weighted by molar-refractivity contribution is 7.87. The van der Waals surface area contributed by atoms with Gasteiger partial charge in [-0.25, -0.2) is 0 Å². The van der Waals surface area contributed by atoms with Crippen LogP contribution in [0.25, 0.3) is 0 Å². The predicted octanol–water partition coefficient (Wildman–Crippen LogP) is 5.07. The Balaban J connectivity index is 1.58. The van der Waals surface area contributed by atoms with Crippen molar-refractivity contribution in [1.29, 1.82) is 0 Å². The molecule has 2 unspecified atom stereocenters. The van der Waals surface area contributed by atoms with E-state index in [-0.39, 0.29) is 24.0 Å². The van der Waals surface area contributed by atoms with Crippen LogP contribution in [0.1, 0.15) is 47.4 Å². The highest BCUT2D eigenvalue weighted by atomic mass is 32.2. The average molecular weight is 539 g/mol. The van der Waals surface area contributed by atoms with E-state index >= 15 is 0 Å². The third-order valence-electron chi connectivity index (χ3n) is 7.68. The van der Waals surface area contributed by atoms with Crippen molar-refractivity contribution < 1.29 is 31.9 Å². The third kappa shape index (κ3) is 5.33. The summed E-state index contributed by atoms with van der Waals surface area (Å²) >= 11 is 0. The molecule has 202 valence electrons. The third-order valence-corrected chi connectivity index (χ3v) is 8.92. The van der Waals surface area contributed by atoms with Crippen LogP contribution in [0.15, 0.2) is 59.5 Å². The van der Waals surface area contributed by atoms with Gasteiger partial charge in [0.15, 0.2) is 23.0 Å². The van der Waals surface area contributed by atoms with Crippen LogP contribution in [0, 0.1) is 5.92 Å². The summed E-state index contributed by atoms with van der Waals surface area (Å²) in [6.07, 6.45) is 5.37. The van der Waals surface area contributed by atoms with Crippen molar-refractivity contribution in [3.63, 3.8) is 0 Å². The summed E-state index contributed by atoms with van der Waals surface area (Å²) in [5.41, 5.74) is 4.46. The molecular weight excluding hydrogens is 504 g/mol. The van der Waals surface area contributed by atoms with E-state index in [2.05, 4.69) is 12.1 Å². The van der Waals surface area contributed by atoms with E-state index in [1.165, 1.54) is 30.4 Å². The number of rotatable bonds is 8. The number of hydrogen-bond acceptors (Lipinski definition) is 7. The first-order valence-corrected chi connectivity index (χ1v) is 14.5. The molecule has 0 fully saturated rings. The van der Waals surface area contributed by atoms with E-state index in [4.69, 9.17) is 18.4 Å². The summed E-state index contributed by atoms with van der Waals surface area (Å²) < 4.78 is 49.3. The second-order valence-electron chi connectivity index (χ2n) is 9.95. The van der Waals surface area contributed by atoms with Gasteiger partial charge in [0.1, 0.15) is 11.5 Å². The Morgan fingerprint density at radius 2 is 1.66 bits per heavy atom. The minimum atomic E-state index is -4.03. The molecule has 1 N–H and O–H groups in total. The molecule has 0 aromatic heterocycles. The zero-order chi connectivity index (χ0) is 26.7. The molecule has 0 spiro atoms. The standard InChI is InChI=1S/C30H34O7S/c1-34-27-13-12-22-17-21-10-8-20(9-11-23-18-28(35-2)29(19-25(21)23)36-15-14-31)16-26(22)30(27)37-38(32,33)24-6-4-3-5-7-24/h3-7,12-13,18-21,31H,8-11,14-17H2,1-2H3. The SMILES string of the molecule is COc1cc2c(cc1OCCO)C1CCC(CC2)Cc2c(ccc(OC)c2OS(=O)(=O)c2ccccc2)C1. The normalized spacial score (nSPS) is 18.7. The maximum absolute atomic E-state index is 13.2. The molecule has 2 aliphatic carbocycles. The average Bonchev–Trinajstić information content (AvgIpc) is 2.92. The van der Waals surface area contributed by atoms with Crippen molar-refractivity contribution >= 4 is 10.1 Å². The quantitative estimate of drug-likeness (QED) is 0.401. The predicted molar refractivity (Wildman–Crippen MR) is 144 cm³/mol. The molecule has 0 saturated carbocycles. The second kappa shape index (κ2) is 11.3. The number of benzene rings is 3. The Morgan fingerprint density at radius 1 is 0.868 bits per heavy atom. The van der Waals surface area contributed by atoms with Crippen LogP contribution in [-0.4, -0.2) is 41.0 Å². The minimum Gasteiger partial charge on any atom is -0.493 e. The van der Waals surface area contributed by atoms with Gasteiger partial charge in [0, 0.05) is 5.56 Å². The maximum Gasteiger partial charge on any atom is 0.339 e. The van der Waals surface area contributed by atoms with Crippen LogP contribution in [0.3, 0.4) is 0 Å². The summed E-state index contributed by atoms with van der Waals surface area (Å²) in [6, 6.07) is 16.2. The second-order valence-corrected chi connectivity index (χ2v) is 11.5. The number of ether oxygens (including phenoxy) is 3. The van der Waals surface area contributed by atoms with Crippen LogP contribution in [0.2, 0.25) is 0 Å². The van der Waals surface area contributed by atoms with Crippen LogP contribution >= 0.6 is 0 Å². The van der Waals surface area contributed by atoms with Crippen molar-refractivity contribution in [3.05, 3.63) is 76.9 Å². The summed E-state index contributed by atoms with van der Waals surface area (Å²) in [4.78, 5) is 0.110. The van der Waals surface area contributed by atoms with E-state index in [1.807, 2.05) is 6.07 Å².